The molecule has 0 radical (unpaired) electrons. The van der Waals surface area contributed by atoms with Crippen LogP contribution in [-0.4, -0.2) is 152 Å². The summed E-state index contributed by atoms with van der Waals surface area (Å²) in [6.45, 7) is 28.5. The zero-order valence-corrected chi connectivity index (χ0v) is 55.1. The van der Waals surface area contributed by atoms with Gasteiger partial charge in [0.05, 0.1) is 50.2 Å². The first kappa shape index (κ1) is 70.4. The van der Waals surface area contributed by atoms with Gasteiger partial charge >= 0.3 is 11.9 Å². The van der Waals surface area contributed by atoms with Gasteiger partial charge in [0.25, 0.3) is 0 Å². The zero-order valence-electron chi connectivity index (χ0n) is 55.1. The van der Waals surface area contributed by atoms with E-state index in [0.29, 0.717) is 59.8 Å². The van der Waals surface area contributed by atoms with E-state index in [1.165, 1.54) is 11.1 Å². The maximum atomic E-state index is 14.0. The predicted molar refractivity (Wildman–Crippen MR) is 337 cm³/mol. The number of hydrogen-bond donors (Lipinski definition) is 5. The summed E-state index contributed by atoms with van der Waals surface area (Å²) in [6, 6.07) is 0. The molecule has 8 aliphatic heterocycles. The van der Waals surface area contributed by atoms with Crippen molar-refractivity contribution < 1.29 is 83.3 Å². The number of fused-ring (bicyclic) bond motifs is 4. The second kappa shape index (κ2) is 28.4. The molecule has 89 heavy (non-hydrogen) atoms. The minimum absolute atomic E-state index is 0. The van der Waals surface area contributed by atoms with Gasteiger partial charge < -0.3 is 68.9 Å². The molecule has 6 saturated heterocycles. The third kappa shape index (κ3) is 15.1. The lowest BCUT2D eigenvalue weighted by Crippen LogP contribution is -2.59. The first-order valence-electron chi connectivity index (χ1n) is 32.6. The lowest BCUT2D eigenvalue weighted by molar-refractivity contribution is -0.343. The van der Waals surface area contributed by atoms with E-state index < -0.39 is 95.4 Å². The first-order chi connectivity index (χ1) is 41.4. The highest BCUT2D eigenvalue weighted by Gasteiger charge is 2.62. The molecular weight excluding hydrogens is 1140 g/mol. The summed E-state index contributed by atoms with van der Waals surface area (Å²) >= 11 is 0. The molecular formula is C72H104O17. The highest BCUT2D eigenvalue weighted by Crippen LogP contribution is 2.50. The van der Waals surface area contributed by atoms with Crippen LogP contribution in [0.5, 0.6) is 0 Å². The fourth-order valence-corrected chi connectivity index (χ4v) is 15.5. The topological polar surface area (TPSA) is 258 Å². The van der Waals surface area contributed by atoms with Crippen molar-refractivity contribution >= 4 is 17.7 Å². The van der Waals surface area contributed by atoms with Gasteiger partial charge in [-0.2, -0.15) is 0 Å². The minimum Gasteiger partial charge on any atom is -0.462 e. The molecule has 8 heterocycles. The second-order valence-corrected chi connectivity index (χ2v) is 28.6. The van der Waals surface area contributed by atoms with Crippen LogP contribution in [0.25, 0.3) is 0 Å². The van der Waals surface area contributed by atoms with Crippen molar-refractivity contribution in [1.29, 1.82) is 0 Å². The van der Waals surface area contributed by atoms with Gasteiger partial charge in [-0.3, -0.25) is 14.4 Å². The van der Waals surface area contributed by atoms with E-state index in [-0.39, 0.29) is 92.1 Å². The molecule has 6 fully saturated rings. The van der Waals surface area contributed by atoms with Crippen molar-refractivity contribution in [2.45, 2.75) is 251 Å². The van der Waals surface area contributed by atoms with Crippen molar-refractivity contribution in [2.75, 3.05) is 13.2 Å². The van der Waals surface area contributed by atoms with Crippen molar-refractivity contribution in [3.05, 3.63) is 117 Å². The third-order valence-corrected chi connectivity index (χ3v) is 20.0. The Balaban J connectivity index is 0.000000228. The molecule has 0 unspecified atom stereocenters. The Labute approximate surface area is 528 Å². The van der Waals surface area contributed by atoms with Gasteiger partial charge in [-0.15, -0.1) is 0 Å². The summed E-state index contributed by atoms with van der Waals surface area (Å²) in [4.78, 5) is 41.5. The summed E-state index contributed by atoms with van der Waals surface area (Å²) in [5.74, 6) is -4.94. The summed E-state index contributed by atoms with van der Waals surface area (Å²) in [5.41, 5.74) is 3.16. The molecule has 10 rings (SSSR count). The second-order valence-electron chi connectivity index (χ2n) is 28.6. The summed E-state index contributed by atoms with van der Waals surface area (Å²) in [7, 11) is 0. The Morgan fingerprint density at radius 2 is 1.02 bits per heavy atom. The monoisotopic (exact) mass is 1240 g/mol. The van der Waals surface area contributed by atoms with Gasteiger partial charge in [0.15, 0.2) is 11.6 Å². The Morgan fingerprint density at radius 1 is 0.596 bits per heavy atom. The summed E-state index contributed by atoms with van der Waals surface area (Å²) in [5, 5.41) is 57.4. The lowest BCUT2D eigenvalue weighted by atomic mass is 9.71. The number of Topliss-reactive ketones (excluding diaryl/α,β-unsaturated/α-hetero) is 1. The Hall–Kier alpha value is -4.47. The fourth-order valence-electron chi connectivity index (χ4n) is 15.5. The number of ether oxygens (including phenoxy) is 8. The van der Waals surface area contributed by atoms with Crippen LogP contribution < -0.4 is 0 Å². The van der Waals surface area contributed by atoms with Gasteiger partial charge in [0, 0.05) is 43.9 Å². The van der Waals surface area contributed by atoms with Gasteiger partial charge in [-0.25, -0.2) is 0 Å². The van der Waals surface area contributed by atoms with E-state index in [4.69, 9.17) is 37.9 Å². The van der Waals surface area contributed by atoms with Crippen LogP contribution in [-0.2, 0) is 52.3 Å². The van der Waals surface area contributed by atoms with Crippen LogP contribution in [0.1, 0.15) is 161 Å². The van der Waals surface area contributed by atoms with E-state index in [1.54, 1.807) is 32.1 Å². The summed E-state index contributed by atoms with van der Waals surface area (Å²) < 4.78 is 51.2. The van der Waals surface area contributed by atoms with Gasteiger partial charge in [0.2, 0.25) is 0 Å². The average molecular weight is 1240 g/mol. The predicted octanol–water partition coefficient (Wildman–Crippen LogP) is 9.56. The van der Waals surface area contributed by atoms with Crippen LogP contribution in [0, 0.1) is 47.3 Å². The fraction of sp³-hybridized carbons (Fsp3) is 0.681. The number of hydrogen-bond acceptors (Lipinski definition) is 16. The van der Waals surface area contributed by atoms with Crippen LogP contribution in [0.3, 0.4) is 0 Å². The number of aliphatic hydroxyl groups is 5. The molecule has 2 aliphatic carbocycles. The number of aliphatic hydroxyl groups excluding tert-OH is 3. The molecule has 0 amide bonds. The van der Waals surface area contributed by atoms with Crippen LogP contribution in [0.15, 0.2) is 117 Å². The lowest BCUT2D eigenvalue weighted by Gasteiger charge is -2.51. The smallest absolute Gasteiger partial charge is 0.316 e. The molecule has 10 aliphatic rings. The molecule has 4 bridgehead atoms. The highest BCUT2D eigenvalue weighted by molar-refractivity contribution is 5.83. The standard InChI is InChI=1S/C36H52O8.C36H50O8.H2O/c2*1-20(2)13-24(6)32-25(7)30(37)18-35(44-32)17-28-16-27(43-35)12-11-22(4)14-21(3)9-8-10-26-19-41-33-31(38)23(5)15-29(34(39)42-28)36(26,33)40;/h8-11,13,15,20-21,25,27-33,37-38,40H,12,14,16-19H2,1-7H3;8-11,13,15,20-21,25,27-29,31-33,38,40H,12,14,16-19H2,1-7H3;1H2/b2*9-8+,22-11+,24-13+,26-10+;/t21-,25-,27+,28-,29-,30-,31+,32+,33+,35-,36+;21-,25-,27+,28-,29-,31+,32+,33+,35-,36+;/m00./s1. The number of allylic oxidation sites excluding steroid dienone is 10. The Bertz CT molecular complexity index is 2920. The van der Waals surface area contributed by atoms with Crippen molar-refractivity contribution in [2.24, 2.45) is 47.3 Å². The maximum absolute atomic E-state index is 14.0. The molecule has 17 heteroatoms. The minimum atomic E-state index is -1.75. The molecule has 0 saturated carbocycles. The quantitative estimate of drug-likeness (QED) is 0.130. The van der Waals surface area contributed by atoms with E-state index in [9.17, 15) is 39.9 Å². The van der Waals surface area contributed by atoms with E-state index in [0.717, 1.165) is 24.0 Å². The van der Waals surface area contributed by atoms with Crippen LogP contribution >= 0.6 is 0 Å². The Kier molecular flexibility index (Phi) is 22.5. The number of carbonyl (C=O) groups is 3. The molecule has 0 aromatic carbocycles. The molecule has 494 valence electrons. The molecule has 2 spiro atoms. The largest absolute Gasteiger partial charge is 0.462 e. The summed E-state index contributed by atoms with van der Waals surface area (Å²) in [6.07, 6.45) is 20.8. The molecule has 7 N–H and O–H groups in total. The van der Waals surface area contributed by atoms with Crippen molar-refractivity contribution in [3.8, 4) is 0 Å². The molecule has 21 atom stereocenters. The van der Waals surface area contributed by atoms with Crippen LogP contribution in [0.4, 0.5) is 0 Å². The highest BCUT2D eigenvalue weighted by atomic mass is 16.7. The normalized spacial score (nSPS) is 45.4. The van der Waals surface area contributed by atoms with Crippen LogP contribution in [0.2, 0.25) is 0 Å². The Morgan fingerprint density at radius 3 is 1.48 bits per heavy atom. The van der Waals surface area contributed by atoms with Gasteiger partial charge in [0.1, 0.15) is 65.4 Å². The van der Waals surface area contributed by atoms with Gasteiger partial charge in [-0.05, 0) is 124 Å². The van der Waals surface area contributed by atoms with Gasteiger partial charge in [-0.1, -0.05) is 139 Å². The van der Waals surface area contributed by atoms with E-state index >= 15 is 0 Å². The van der Waals surface area contributed by atoms with Crippen molar-refractivity contribution in [1.82, 2.24) is 0 Å². The first-order valence-corrected chi connectivity index (χ1v) is 32.6. The third-order valence-electron chi connectivity index (χ3n) is 20.0. The molecule has 0 aromatic rings. The zero-order chi connectivity index (χ0) is 63.9. The van der Waals surface area contributed by atoms with E-state index in [1.807, 2.05) is 45.9 Å². The average Bonchev–Trinajstić information content (AvgIpc) is 2.14. The molecule has 17 nitrogen and oxygen atoms in total. The molecule has 0 aromatic heterocycles. The number of ketones is 1. The number of carbonyl (C=O) groups excluding carboxylic acids is 3. The van der Waals surface area contributed by atoms with E-state index in [2.05, 4.69) is 91.8 Å². The number of rotatable bonds is 4. The van der Waals surface area contributed by atoms with Crippen molar-refractivity contribution in [3.63, 3.8) is 0 Å². The number of esters is 2. The maximum Gasteiger partial charge on any atom is 0.316 e. The SMILES string of the molecule is CC1=C[C@H]2C(=O)O[C@H]3C[C@@H](C/C=C(\C)C[C@@H](C)/C=C/C=C4\CO[C@H]([C@@H]1O)[C@@]42O)O[C@@]1(CC(=O)[C@H](C)[C@@H](/C(C)=C/C(C)C)O1)C3.CC1=C[C@H]2C(=O)O[C@H]3C[C@@H](C/C=C(\C)C[C@@H](C)/C=C/C=C4\CO[C@H]([C@@H]1O)[C@@]42O)O[C@]1(C3)C[C@H](O)[C@H](C)[C@@H](/C(C)=C/C(C)C)O1.O.